The number of phenols is 1. The number of nitrogens with zero attached hydrogens (tertiary/aromatic N) is 2. The van der Waals surface area contributed by atoms with Crippen LogP contribution >= 0.6 is 22.9 Å². The van der Waals surface area contributed by atoms with Crippen molar-refractivity contribution in [2.24, 2.45) is 5.10 Å². The summed E-state index contributed by atoms with van der Waals surface area (Å²) in [5.41, 5.74) is 4.15. The van der Waals surface area contributed by atoms with Crippen LogP contribution in [0.2, 0.25) is 5.02 Å². The molecule has 0 aliphatic heterocycles. The number of thiazole rings is 1. The molecule has 2 N–H and O–H groups in total. The lowest BCUT2D eigenvalue weighted by Gasteiger charge is -2.06. The highest BCUT2D eigenvalue weighted by atomic mass is 35.5. The lowest BCUT2D eigenvalue weighted by Crippen LogP contribution is -2.17. The standard InChI is InChI=1S/C19H14ClF2N3O3S/c1-10-16(29-18(24-10)12-3-5-13(20)6-4-12)17(27)25-23-9-11-2-7-15(14(26)8-11)28-19(21)22/h2-9,19,26H,1H3,(H,25,27)/b23-9+. The second-order valence-electron chi connectivity index (χ2n) is 5.75. The molecule has 0 bridgehead atoms. The number of aryl methyl sites for hydroxylation is 1. The summed E-state index contributed by atoms with van der Waals surface area (Å²) in [6.07, 6.45) is 1.26. The second-order valence-corrected chi connectivity index (χ2v) is 7.18. The second kappa shape index (κ2) is 8.97. The summed E-state index contributed by atoms with van der Waals surface area (Å²) in [7, 11) is 0. The largest absolute Gasteiger partial charge is 0.504 e. The summed E-state index contributed by atoms with van der Waals surface area (Å²) in [6, 6.07) is 10.9. The van der Waals surface area contributed by atoms with Crippen LogP contribution in [-0.2, 0) is 0 Å². The van der Waals surface area contributed by atoms with Gasteiger partial charge in [-0.15, -0.1) is 11.3 Å². The fourth-order valence-electron chi connectivity index (χ4n) is 2.35. The first-order chi connectivity index (χ1) is 13.8. The Hall–Kier alpha value is -3.04. The van der Waals surface area contributed by atoms with Crippen LogP contribution in [0.15, 0.2) is 47.6 Å². The number of alkyl halides is 2. The molecule has 29 heavy (non-hydrogen) atoms. The summed E-state index contributed by atoms with van der Waals surface area (Å²) in [6.45, 7) is -1.32. The lowest BCUT2D eigenvalue weighted by molar-refractivity contribution is -0.0512. The molecule has 0 saturated carbocycles. The van der Waals surface area contributed by atoms with Crippen LogP contribution in [0.4, 0.5) is 8.78 Å². The number of halogens is 3. The van der Waals surface area contributed by atoms with Crippen molar-refractivity contribution in [3.05, 3.63) is 63.6 Å². The monoisotopic (exact) mass is 437 g/mol. The van der Waals surface area contributed by atoms with Crippen LogP contribution in [0.5, 0.6) is 11.5 Å². The smallest absolute Gasteiger partial charge is 0.387 e. The molecule has 3 rings (SSSR count). The normalized spacial score (nSPS) is 11.2. The maximum Gasteiger partial charge on any atom is 0.387 e. The first kappa shape index (κ1) is 20.7. The molecule has 6 nitrogen and oxygen atoms in total. The summed E-state index contributed by atoms with van der Waals surface area (Å²) < 4.78 is 28.5. The topological polar surface area (TPSA) is 83.8 Å². The van der Waals surface area contributed by atoms with Crippen LogP contribution in [0.25, 0.3) is 10.6 Å². The lowest BCUT2D eigenvalue weighted by atomic mass is 10.2. The van der Waals surface area contributed by atoms with E-state index in [1.807, 2.05) is 12.1 Å². The molecule has 2 aromatic carbocycles. The number of hydrogen-bond donors (Lipinski definition) is 2. The maximum absolute atomic E-state index is 12.4. The Morgan fingerprint density at radius 1 is 1.31 bits per heavy atom. The highest BCUT2D eigenvalue weighted by Crippen LogP contribution is 2.29. The summed E-state index contributed by atoms with van der Waals surface area (Å²) in [5, 5.41) is 14.8. The van der Waals surface area contributed by atoms with Crippen LogP contribution in [0, 0.1) is 6.92 Å². The molecule has 10 heteroatoms. The zero-order chi connectivity index (χ0) is 21.0. The fraction of sp³-hybridized carbons (Fsp3) is 0.105. The molecule has 0 spiro atoms. The molecule has 3 aromatic rings. The minimum atomic E-state index is -3.04. The van der Waals surface area contributed by atoms with Crippen LogP contribution in [-0.4, -0.2) is 28.8 Å². The Morgan fingerprint density at radius 3 is 2.69 bits per heavy atom. The van der Waals surface area contributed by atoms with E-state index in [9.17, 15) is 18.7 Å². The van der Waals surface area contributed by atoms with E-state index in [1.54, 1.807) is 19.1 Å². The number of aromatic nitrogens is 1. The van der Waals surface area contributed by atoms with Gasteiger partial charge in [0, 0.05) is 10.6 Å². The van der Waals surface area contributed by atoms with Crippen molar-refractivity contribution in [2.45, 2.75) is 13.5 Å². The minimum Gasteiger partial charge on any atom is -0.504 e. The van der Waals surface area contributed by atoms with Crippen molar-refractivity contribution in [2.75, 3.05) is 0 Å². The number of benzene rings is 2. The van der Waals surface area contributed by atoms with Crippen molar-refractivity contribution < 1.29 is 23.4 Å². The van der Waals surface area contributed by atoms with E-state index in [2.05, 4.69) is 20.2 Å². The van der Waals surface area contributed by atoms with Crippen LogP contribution in [0.1, 0.15) is 20.9 Å². The number of nitrogens with one attached hydrogen (secondary N) is 1. The number of ether oxygens (including phenoxy) is 1. The van der Waals surface area contributed by atoms with Gasteiger partial charge in [0.1, 0.15) is 9.88 Å². The number of carbonyl (C=O) groups excluding carboxylic acids is 1. The van der Waals surface area contributed by atoms with Gasteiger partial charge in [0.05, 0.1) is 11.9 Å². The van der Waals surface area contributed by atoms with Crippen LogP contribution in [0.3, 0.4) is 0 Å². The molecule has 0 aliphatic rings. The first-order valence-corrected chi connectivity index (χ1v) is 9.37. The molecule has 0 atom stereocenters. The van der Waals surface area contributed by atoms with Crippen molar-refractivity contribution in [1.82, 2.24) is 10.4 Å². The Morgan fingerprint density at radius 2 is 2.03 bits per heavy atom. The van der Waals surface area contributed by atoms with E-state index in [0.29, 0.717) is 26.2 Å². The predicted octanol–water partition coefficient (Wildman–Crippen LogP) is 4.84. The number of amides is 1. The highest BCUT2D eigenvalue weighted by Gasteiger charge is 2.16. The number of phenolic OH excluding ortho intramolecular Hbond substituents is 1. The van der Waals surface area contributed by atoms with E-state index in [4.69, 9.17) is 11.6 Å². The van der Waals surface area contributed by atoms with E-state index in [0.717, 1.165) is 5.56 Å². The Balaban J connectivity index is 1.68. The fourth-order valence-corrected chi connectivity index (χ4v) is 3.44. The van der Waals surface area contributed by atoms with Crippen LogP contribution < -0.4 is 10.2 Å². The van der Waals surface area contributed by atoms with Gasteiger partial charge in [-0.1, -0.05) is 23.7 Å². The third-order valence-electron chi connectivity index (χ3n) is 3.67. The third kappa shape index (κ3) is 5.27. The molecule has 0 fully saturated rings. The average molecular weight is 438 g/mol. The Labute approximate surface area is 173 Å². The number of hydrogen-bond acceptors (Lipinski definition) is 6. The van der Waals surface area contributed by atoms with Crippen molar-refractivity contribution in [3.63, 3.8) is 0 Å². The van der Waals surface area contributed by atoms with Gasteiger partial charge in [0.2, 0.25) is 0 Å². The average Bonchev–Trinajstić information content (AvgIpc) is 3.06. The predicted molar refractivity (Wildman–Crippen MR) is 107 cm³/mol. The maximum atomic E-state index is 12.4. The molecule has 1 aromatic heterocycles. The van der Waals surface area contributed by atoms with Gasteiger partial charge >= 0.3 is 6.61 Å². The van der Waals surface area contributed by atoms with Gasteiger partial charge in [-0.3, -0.25) is 4.79 Å². The molecule has 0 unspecified atom stereocenters. The van der Waals surface area contributed by atoms with Crippen molar-refractivity contribution in [3.8, 4) is 22.1 Å². The summed E-state index contributed by atoms with van der Waals surface area (Å²) in [5.74, 6) is -1.26. The SMILES string of the molecule is Cc1nc(-c2ccc(Cl)cc2)sc1C(=O)N/N=C/c1ccc(OC(F)F)c(O)c1. The number of hydrazone groups is 1. The summed E-state index contributed by atoms with van der Waals surface area (Å²) >= 11 is 7.10. The van der Waals surface area contributed by atoms with E-state index in [-0.39, 0.29) is 5.75 Å². The molecule has 1 amide bonds. The van der Waals surface area contributed by atoms with Gasteiger partial charge in [-0.05, 0) is 42.8 Å². The minimum absolute atomic E-state index is 0.351. The molecular weight excluding hydrogens is 424 g/mol. The van der Waals surface area contributed by atoms with E-state index in [1.165, 1.54) is 35.8 Å². The third-order valence-corrected chi connectivity index (χ3v) is 5.13. The Kier molecular flexibility index (Phi) is 6.40. The molecule has 1 heterocycles. The highest BCUT2D eigenvalue weighted by molar-refractivity contribution is 7.17. The van der Waals surface area contributed by atoms with Crippen molar-refractivity contribution in [1.29, 1.82) is 0 Å². The zero-order valence-corrected chi connectivity index (χ0v) is 16.5. The van der Waals surface area contributed by atoms with Gasteiger partial charge in [-0.2, -0.15) is 13.9 Å². The molecule has 0 aliphatic carbocycles. The molecule has 150 valence electrons. The summed E-state index contributed by atoms with van der Waals surface area (Å²) in [4.78, 5) is 17.2. The molecule has 0 radical (unpaired) electrons. The zero-order valence-electron chi connectivity index (χ0n) is 14.9. The van der Waals surface area contributed by atoms with Crippen molar-refractivity contribution >= 4 is 35.1 Å². The van der Waals surface area contributed by atoms with Gasteiger partial charge < -0.3 is 9.84 Å². The number of carbonyl (C=O) groups is 1. The van der Waals surface area contributed by atoms with Gasteiger partial charge in [-0.25, -0.2) is 10.4 Å². The number of aromatic hydroxyl groups is 1. The van der Waals surface area contributed by atoms with Gasteiger partial charge in [0.25, 0.3) is 5.91 Å². The van der Waals surface area contributed by atoms with E-state index < -0.39 is 18.3 Å². The molecule has 0 saturated heterocycles. The first-order valence-electron chi connectivity index (χ1n) is 8.18. The number of rotatable bonds is 6. The molecular formula is C19H14ClF2N3O3S. The Bertz CT molecular complexity index is 1060. The van der Waals surface area contributed by atoms with Gasteiger partial charge in [0.15, 0.2) is 11.5 Å². The van der Waals surface area contributed by atoms with E-state index >= 15 is 0 Å². The quantitative estimate of drug-likeness (QED) is 0.427.